The third-order valence-electron chi connectivity index (χ3n) is 3.36. The summed E-state index contributed by atoms with van der Waals surface area (Å²) in [5, 5.41) is 13.0. The fraction of sp³-hybridized carbons (Fsp3) is 0.667. The minimum absolute atomic E-state index is 0.160. The van der Waals surface area contributed by atoms with Gasteiger partial charge in [-0.2, -0.15) is 5.10 Å². The van der Waals surface area contributed by atoms with Crippen molar-refractivity contribution in [3.8, 4) is 0 Å². The lowest BCUT2D eigenvalue weighted by Gasteiger charge is -2.21. The van der Waals surface area contributed by atoms with Crippen molar-refractivity contribution in [1.82, 2.24) is 9.78 Å². The van der Waals surface area contributed by atoms with E-state index in [1.165, 1.54) is 32.1 Å². The molecule has 0 aromatic carbocycles. The van der Waals surface area contributed by atoms with Gasteiger partial charge in [0.25, 0.3) is 0 Å². The standard InChI is InChI=1S/C12H18N2O2/c1-9-7-11(12(15)16)13-14(9)8-10-5-3-2-4-6-10/h7,10H,2-6,8H2,1H3,(H,15,16). The summed E-state index contributed by atoms with van der Waals surface area (Å²) in [6.45, 7) is 2.79. The monoisotopic (exact) mass is 222 g/mol. The average molecular weight is 222 g/mol. The summed E-state index contributed by atoms with van der Waals surface area (Å²) in [6.07, 6.45) is 6.45. The number of nitrogens with zero attached hydrogens (tertiary/aromatic N) is 2. The van der Waals surface area contributed by atoms with E-state index in [4.69, 9.17) is 5.11 Å². The molecule has 4 nitrogen and oxygen atoms in total. The normalized spacial score (nSPS) is 17.6. The van der Waals surface area contributed by atoms with Gasteiger partial charge in [0, 0.05) is 12.2 Å². The second-order valence-electron chi connectivity index (χ2n) is 4.66. The van der Waals surface area contributed by atoms with E-state index in [0.717, 1.165) is 12.2 Å². The first-order valence-corrected chi connectivity index (χ1v) is 5.94. The van der Waals surface area contributed by atoms with Gasteiger partial charge in [0.1, 0.15) is 0 Å². The number of rotatable bonds is 3. The average Bonchev–Trinajstić information content (AvgIpc) is 2.62. The van der Waals surface area contributed by atoms with Gasteiger partial charge in [-0.1, -0.05) is 19.3 Å². The Morgan fingerprint density at radius 1 is 1.50 bits per heavy atom. The van der Waals surface area contributed by atoms with Gasteiger partial charge in [0.2, 0.25) is 0 Å². The highest BCUT2D eigenvalue weighted by molar-refractivity contribution is 5.85. The SMILES string of the molecule is Cc1cc(C(=O)O)nn1CC1CCCCC1. The molecule has 0 radical (unpaired) electrons. The van der Waals surface area contributed by atoms with Crippen LogP contribution in [0.3, 0.4) is 0 Å². The Hall–Kier alpha value is -1.32. The maximum atomic E-state index is 10.8. The molecule has 1 heterocycles. The second kappa shape index (κ2) is 4.68. The highest BCUT2D eigenvalue weighted by Gasteiger charge is 2.17. The molecule has 16 heavy (non-hydrogen) atoms. The maximum Gasteiger partial charge on any atom is 0.356 e. The van der Waals surface area contributed by atoms with E-state index in [0.29, 0.717) is 5.92 Å². The summed E-state index contributed by atoms with van der Waals surface area (Å²) >= 11 is 0. The van der Waals surface area contributed by atoms with Crippen LogP contribution in [0.2, 0.25) is 0 Å². The molecule has 4 heteroatoms. The number of carboxylic acid groups (broad SMARTS) is 1. The van der Waals surface area contributed by atoms with E-state index in [1.807, 2.05) is 11.6 Å². The summed E-state index contributed by atoms with van der Waals surface area (Å²) < 4.78 is 1.85. The number of hydrogen-bond acceptors (Lipinski definition) is 2. The Kier molecular flexibility index (Phi) is 3.27. The Morgan fingerprint density at radius 3 is 2.75 bits per heavy atom. The van der Waals surface area contributed by atoms with Crippen LogP contribution in [-0.2, 0) is 6.54 Å². The first-order valence-electron chi connectivity index (χ1n) is 5.94. The summed E-state index contributed by atoms with van der Waals surface area (Å²) in [5.74, 6) is -0.264. The molecular formula is C12H18N2O2. The quantitative estimate of drug-likeness (QED) is 0.854. The Balaban J connectivity index is 2.05. The minimum atomic E-state index is -0.939. The summed E-state index contributed by atoms with van der Waals surface area (Å²) in [4.78, 5) is 10.8. The van der Waals surface area contributed by atoms with Crippen molar-refractivity contribution in [2.75, 3.05) is 0 Å². The number of aromatic carboxylic acids is 1. The van der Waals surface area contributed by atoms with Crippen molar-refractivity contribution in [3.63, 3.8) is 0 Å². The lowest BCUT2D eigenvalue weighted by atomic mass is 9.89. The highest BCUT2D eigenvalue weighted by Crippen LogP contribution is 2.25. The number of carboxylic acids is 1. The molecule has 0 aliphatic heterocycles. The molecule has 0 unspecified atom stereocenters. The highest BCUT2D eigenvalue weighted by atomic mass is 16.4. The fourth-order valence-corrected chi connectivity index (χ4v) is 2.41. The van der Waals surface area contributed by atoms with Gasteiger partial charge in [-0.25, -0.2) is 4.79 Å². The van der Waals surface area contributed by atoms with Crippen LogP contribution in [-0.4, -0.2) is 20.9 Å². The van der Waals surface area contributed by atoms with Crippen molar-refractivity contribution in [2.45, 2.75) is 45.6 Å². The molecule has 0 spiro atoms. The summed E-state index contributed by atoms with van der Waals surface area (Å²) in [6, 6.07) is 1.64. The zero-order chi connectivity index (χ0) is 11.5. The molecule has 88 valence electrons. The van der Waals surface area contributed by atoms with E-state index < -0.39 is 5.97 Å². The molecule has 1 aromatic heterocycles. The van der Waals surface area contributed by atoms with E-state index >= 15 is 0 Å². The van der Waals surface area contributed by atoms with Gasteiger partial charge in [-0.05, 0) is 31.7 Å². The Labute approximate surface area is 95.3 Å². The fourth-order valence-electron chi connectivity index (χ4n) is 2.41. The van der Waals surface area contributed by atoms with Crippen molar-refractivity contribution in [3.05, 3.63) is 17.5 Å². The first kappa shape index (κ1) is 11.2. The van der Waals surface area contributed by atoms with Gasteiger partial charge in [-0.3, -0.25) is 4.68 Å². The van der Waals surface area contributed by atoms with Crippen LogP contribution in [0.4, 0.5) is 0 Å². The number of carbonyl (C=O) groups is 1. The van der Waals surface area contributed by atoms with Crippen molar-refractivity contribution in [1.29, 1.82) is 0 Å². The van der Waals surface area contributed by atoms with E-state index in [1.54, 1.807) is 6.07 Å². The topological polar surface area (TPSA) is 55.1 Å². The maximum absolute atomic E-state index is 10.8. The van der Waals surface area contributed by atoms with Gasteiger partial charge < -0.3 is 5.11 Å². The van der Waals surface area contributed by atoms with Crippen molar-refractivity contribution >= 4 is 5.97 Å². The molecule has 2 rings (SSSR count). The first-order chi connectivity index (χ1) is 7.66. The van der Waals surface area contributed by atoms with Crippen LogP contribution in [0.25, 0.3) is 0 Å². The molecule has 1 aromatic rings. The largest absolute Gasteiger partial charge is 0.476 e. The Morgan fingerprint density at radius 2 is 2.19 bits per heavy atom. The summed E-state index contributed by atoms with van der Waals surface area (Å²) in [5.41, 5.74) is 1.11. The van der Waals surface area contributed by atoms with Gasteiger partial charge in [-0.15, -0.1) is 0 Å². The van der Waals surface area contributed by atoms with E-state index in [-0.39, 0.29) is 5.69 Å². The Bertz CT molecular complexity index is 378. The van der Waals surface area contributed by atoms with Crippen LogP contribution in [0.5, 0.6) is 0 Å². The smallest absolute Gasteiger partial charge is 0.356 e. The molecular weight excluding hydrogens is 204 g/mol. The molecule has 1 fully saturated rings. The second-order valence-corrected chi connectivity index (χ2v) is 4.66. The van der Waals surface area contributed by atoms with E-state index in [9.17, 15) is 4.79 Å². The van der Waals surface area contributed by atoms with Crippen LogP contribution >= 0.6 is 0 Å². The molecule has 0 atom stereocenters. The molecule has 1 aliphatic carbocycles. The summed E-state index contributed by atoms with van der Waals surface area (Å²) in [7, 11) is 0. The van der Waals surface area contributed by atoms with Crippen molar-refractivity contribution < 1.29 is 9.90 Å². The number of hydrogen-bond donors (Lipinski definition) is 1. The zero-order valence-electron chi connectivity index (χ0n) is 9.65. The van der Waals surface area contributed by atoms with Crippen molar-refractivity contribution in [2.24, 2.45) is 5.92 Å². The van der Waals surface area contributed by atoms with Crippen LogP contribution in [0, 0.1) is 12.8 Å². The molecule has 0 amide bonds. The molecule has 1 aliphatic rings. The van der Waals surface area contributed by atoms with Crippen LogP contribution in [0.1, 0.15) is 48.3 Å². The van der Waals surface area contributed by atoms with Gasteiger partial charge >= 0.3 is 5.97 Å². The third kappa shape index (κ3) is 2.43. The number of aromatic nitrogens is 2. The third-order valence-corrected chi connectivity index (χ3v) is 3.36. The predicted octanol–water partition coefficient (Wildman–Crippen LogP) is 2.47. The molecule has 1 N–H and O–H groups in total. The van der Waals surface area contributed by atoms with Crippen LogP contribution in [0.15, 0.2) is 6.07 Å². The minimum Gasteiger partial charge on any atom is -0.476 e. The number of aryl methyl sites for hydroxylation is 1. The predicted molar refractivity (Wildman–Crippen MR) is 60.5 cm³/mol. The van der Waals surface area contributed by atoms with Gasteiger partial charge in [0.05, 0.1) is 0 Å². The zero-order valence-corrected chi connectivity index (χ0v) is 9.65. The lowest BCUT2D eigenvalue weighted by Crippen LogP contribution is -2.16. The molecule has 0 bridgehead atoms. The van der Waals surface area contributed by atoms with E-state index in [2.05, 4.69) is 5.10 Å². The van der Waals surface area contributed by atoms with Gasteiger partial charge in [0.15, 0.2) is 5.69 Å². The van der Waals surface area contributed by atoms with Crippen LogP contribution < -0.4 is 0 Å². The molecule has 0 saturated heterocycles. The molecule has 1 saturated carbocycles. The lowest BCUT2D eigenvalue weighted by molar-refractivity contribution is 0.0689.